The first-order valence-electron chi connectivity index (χ1n) is 33.3. The molecule has 5 heterocycles. The first-order chi connectivity index (χ1) is 48.1. The Morgan fingerprint density at radius 2 is 1.55 bits per heavy atom. The van der Waals surface area contributed by atoms with Gasteiger partial charge in [0.2, 0.25) is 18.1 Å². The van der Waals surface area contributed by atoms with Crippen molar-refractivity contribution in [2.45, 2.75) is 153 Å². The van der Waals surface area contributed by atoms with Crippen molar-refractivity contribution < 1.29 is 97.0 Å². The van der Waals surface area contributed by atoms with Crippen LogP contribution in [0.15, 0.2) is 72.9 Å². The Hall–Kier alpha value is -8.56. The number of thiazole rings is 1. The van der Waals surface area contributed by atoms with E-state index in [1.54, 1.807) is 31.5 Å². The van der Waals surface area contributed by atoms with E-state index >= 15 is 4.39 Å². The number of para-hydroxylation sites is 1. The molecule has 0 radical (unpaired) electrons. The lowest BCUT2D eigenvalue weighted by Gasteiger charge is -2.69. The molecular weight excluding hydrogens is 1350 g/mol. The standard InChI is InChI=1S/C70H84FN9O19S2/c1-39-45(43-13-15-51(77-55(43)61(89)90)79-21-17-42-46(30-79)44(12-14-47(42)71)60(88)78-64-76-48-8-6-7-9-50(48)101-64)29-75-80(39)38-69-33-66(2)32-67(3,34-69)36-70(35-66,37-69)97-23-20-74-65(93)96-31-40-10-11-41(98-63-58(87)56(85)57(86)59(99-63)62(91)92)26-49(40)95-25-24-94-22-19-73-52(81)16-18-72-53(82)27-68(4,100-5)28-54(83)84/h6-15,26,29,56-59,63,85-87H,16-25,27-28,30-38H2,1-5H3,(H,72,82)(H,73,81)(H,74,93)(H,83,84)(H,89,90)(H,91,92)(H,76,78,88)/t56-,57-,58+,59-,63+,66?,67?,68?,69?,70?/m0/s1. The van der Waals surface area contributed by atoms with Gasteiger partial charge in [-0.1, -0.05) is 37.3 Å². The lowest BCUT2D eigenvalue weighted by Crippen LogP contribution is -2.64. The number of fused-ring (bicyclic) bond motifs is 2. The van der Waals surface area contributed by atoms with E-state index in [0.29, 0.717) is 51.9 Å². The van der Waals surface area contributed by atoms with Crippen LogP contribution >= 0.6 is 23.1 Å². The van der Waals surface area contributed by atoms with E-state index in [9.17, 15) is 64.2 Å². The summed E-state index contributed by atoms with van der Waals surface area (Å²) in [5.41, 5.74) is 2.99. The molecule has 3 aromatic carbocycles. The van der Waals surface area contributed by atoms with Gasteiger partial charge in [0, 0.05) is 90.9 Å². The number of carbonyl (C=O) groups is 7. The monoisotopic (exact) mass is 1440 g/mol. The molecule has 6 aromatic rings. The summed E-state index contributed by atoms with van der Waals surface area (Å²) >= 11 is 2.61. The number of aliphatic carboxylic acids is 2. The number of nitrogens with zero attached hydrogens (tertiary/aromatic N) is 5. The van der Waals surface area contributed by atoms with E-state index in [4.69, 9.17) is 38.5 Å². The molecule has 4 amide bonds. The molecule has 8 atom stereocenters. The van der Waals surface area contributed by atoms with Crippen LogP contribution in [0.5, 0.6) is 11.5 Å². The highest BCUT2D eigenvalue weighted by Gasteiger charge is 2.66. The first kappa shape index (κ1) is 73.7. The minimum absolute atomic E-state index is 0.00892. The number of rotatable bonds is 31. The fraction of sp³-hybridized carbons (Fsp3) is 0.514. The number of aromatic nitrogens is 4. The van der Waals surface area contributed by atoms with Crippen LogP contribution in [0.4, 0.5) is 20.1 Å². The van der Waals surface area contributed by atoms with Crippen molar-refractivity contribution >= 4 is 86.0 Å². The number of halogens is 1. The first-order valence-corrected chi connectivity index (χ1v) is 35.4. The number of hydrogen-bond acceptors (Lipinski definition) is 22. The number of aliphatic hydroxyl groups excluding tert-OH is 3. The summed E-state index contributed by atoms with van der Waals surface area (Å²) in [6.45, 7) is 9.38. The summed E-state index contributed by atoms with van der Waals surface area (Å²) in [5, 5.41) is 77.1. The predicted molar refractivity (Wildman–Crippen MR) is 366 cm³/mol. The van der Waals surface area contributed by atoms with Crippen molar-refractivity contribution in [3.63, 3.8) is 0 Å². The van der Waals surface area contributed by atoms with Crippen molar-refractivity contribution in [2.24, 2.45) is 16.2 Å². The van der Waals surface area contributed by atoms with Gasteiger partial charge in [-0.2, -0.15) is 16.9 Å². The second-order valence-corrected chi connectivity index (χ2v) is 30.4. The number of alkyl carbamates (subject to hydrolysis) is 1. The Morgan fingerprint density at radius 3 is 2.29 bits per heavy atom. The normalized spacial score (nSPS) is 24.8. The van der Waals surface area contributed by atoms with Gasteiger partial charge in [-0.15, -0.1) is 0 Å². The number of carbonyl (C=O) groups excluding carboxylic acids is 4. The number of hydrogen-bond donors (Lipinski definition) is 10. The Kier molecular flexibility index (Phi) is 22.3. The number of thioether (sulfide) groups is 1. The molecule has 1 saturated heterocycles. The van der Waals surface area contributed by atoms with E-state index in [2.05, 4.69) is 40.1 Å². The quantitative estimate of drug-likeness (QED) is 0.0199. The summed E-state index contributed by atoms with van der Waals surface area (Å²) in [4.78, 5) is 99.4. The molecule has 542 valence electrons. The average Bonchev–Trinajstić information content (AvgIpc) is 0.847. The summed E-state index contributed by atoms with van der Waals surface area (Å²) in [6, 6.07) is 18.0. The molecule has 3 aromatic heterocycles. The number of carboxylic acid groups (broad SMARTS) is 3. The molecule has 0 spiro atoms. The molecule has 4 bridgehead atoms. The van der Waals surface area contributed by atoms with Crippen molar-refractivity contribution in [3.05, 3.63) is 112 Å². The number of benzene rings is 3. The Morgan fingerprint density at radius 1 is 0.802 bits per heavy atom. The van der Waals surface area contributed by atoms with Gasteiger partial charge in [0.05, 0.1) is 48.3 Å². The predicted octanol–water partition coefficient (Wildman–Crippen LogP) is 6.85. The highest BCUT2D eigenvalue weighted by molar-refractivity contribution is 8.00. The Balaban J connectivity index is 0.687. The fourth-order valence-corrected chi connectivity index (χ4v) is 17.5. The molecule has 3 unspecified atom stereocenters. The largest absolute Gasteiger partial charge is 0.491 e. The van der Waals surface area contributed by atoms with Gasteiger partial charge in [0.1, 0.15) is 54.7 Å². The van der Waals surface area contributed by atoms with E-state index < -0.39 is 76.8 Å². The summed E-state index contributed by atoms with van der Waals surface area (Å²) < 4.78 is 52.8. The third kappa shape index (κ3) is 17.2. The third-order valence-electron chi connectivity index (χ3n) is 19.6. The molecule has 31 heteroatoms. The van der Waals surface area contributed by atoms with Crippen LogP contribution in [0, 0.1) is 29.0 Å². The molecule has 12 rings (SSSR count). The fourth-order valence-electron chi connectivity index (χ4n) is 16.1. The topological polar surface area (TPSA) is 391 Å². The zero-order chi connectivity index (χ0) is 72.2. The van der Waals surface area contributed by atoms with Gasteiger partial charge in [-0.05, 0) is 141 Å². The van der Waals surface area contributed by atoms with Crippen molar-refractivity contribution in [1.82, 2.24) is 35.7 Å². The molecule has 2 aliphatic heterocycles. The van der Waals surface area contributed by atoms with Crippen LogP contribution in [0.2, 0.25) is 0 Å². The number of pyridine rings is 1. The van der Waals surface area contributed by atoms with E-state index in [0.717, 1.165) is 54.4 Å². The SMILES string of the molecule is CSC(C)(CC(=O)O)CC(=O)NCCC(=O)NCCOCCOc1cc(O[C@@H]2O[C@H](C(=O)O)[C@@H](O)[C@H](O)[C@H]2O)ccc1COC(=O)NCCOC12CC3(C)CC(C)(CC(Cn4ncc(-c5ccc(N6CCc7c(F)ccc(C(=O)Nc8nc9ccccc9s8)c7C6)nc5C(=O)O)c4C)(C3)C1)C2. The summed E-state index contributed by atoms with van der Waals surface area (Å²) in [7, 11) is 0. The van der Waals surface area contributed by atoms with E-state index in [1.807, 2.05) is 40.8 Å². The highest BCUT2D eigenvalue weighted by Crippen LogP contribution is 2.72. The third-order valence-corrected chi connectivity index (χ3v) is 21.8. The molecule has 101 heavy (non-hydrogen) atoms. The number of anilines is 2. The molecule has 10 N–H and O–H groups in total. The molecule has 5 fully saturated rings. The van der Waals surface area contributed by atoms with Gasteiger partial charge in [0.15, 0.2) is 16.9 Å². The summed E-state index contributed by atoms with van der Waals surface area (Å²) in [5.74, 6) is -4.98. The molecule has 28 nitrogen and oxygen atoms in total. The van der Waals surface area contributed by atoms with E-state index in [1.165, 1.54) is 53.4 Å². The Bertz CT molecular complexity index is 4070. The van der Waals surface area contributed by atoms with Crippen molar-refractivity contribution in [3.8, 4) is 22.6 Å². The summed E-state index contributed by atoms with van der Waals surface area (Å²) in [6.07, 6.45) is -1.50. The number of aliphatic hydroxyl groups is 3. The van der Waals surface area contributed by atoms with Crippen LogP contribution in [0.25, 0.3) is 21.3 Å². The van der Waals surface area contributed by atoms with E-state index in [-0.39, 0.29) is 136 Å². The number of amides is 4. The van der Waals surface area contributed by atoms with Gasteiger partial charge < -0.3 is 79.9 Å². The number of aromatic carboxylic acids is 1. The van der Waals surface area contributed by atoms with Crippen LogP contribution in [0.3, 0.4) is 0 Å². The van der Waals surface area contributed by atoms with Gasteiger partial charge in [-0.3, -0.25) is 29.2 Å². The second kappa shape index (κ2) is 30.6. The Labute approximate surface area is 589 Å². The lowest BCUT2D eigenvalue weighted by atomic mass is 9.39. The smallest absolute Gasteiger partial charge is 0.407 e. The van der Waals surface area contributed by atoms with Crippen LogP contribution in [-0.2, 0) is 64.2 Å². The molecule has 4 saturated carbocycles. The van der Waals surface area contributed by atoms with Gasteiger partial charge in [0.25, 0.3) is 5.91 Å². The van der Waals surface area contributed by atoms with Crippen LogP contribution in [-0.4, -0.2) is 192 Å². The number of nitrogens with one attached hydrogen (secondary N) is 4. The van der Waals surface area contributed by atoms with Crippen LogP contribution < -0.4 is 35.6 Å². The average molecular weight is 1440 g/mol. The number of carboxylic acids is 3. The maximum atomic E-state index is 15.4. The molecule has 4 aliphatic carbocycles. The second-order valence-electron chi connectivity index (χ2n) is 28.0. The van der Waals surface area contributed by atoms with Gasteiger partial charge >= 0.3 is 24.0 Å². The number of ether oxygens (including phenoxy) is 6. The zero-order valence-corrected chi connectivity index (χ0v) is 58.2. The lowest BCUT2D eigenvalue weighted by molar-refractivity contribution is -0.271. The van der Waals surface area contributed by atoms with Crippen molar-refractivity contribution in [2.75, 3.05) is 69.1 Å². The minimum atomic E-state index is -1.95. The molecular formula is C70H84FN9O19S2. The molecule has 6 aliphatic rings. The zero-order valence-electron chi connectivity index (χ0n) is 56.6. The minimum Gasteiger partial charge on any atom is -0.491 e. The van der Waals surface area contributed by atoms with Gasteiger partial charge in [-0.25, -0.2) is 28.7 Å². The highest BCUT2D eigenvalue weighted by atomic mass is 32.2. The van der Waals surface area contributed by atoms with Crippen LogP contribution in [0.1, 0.15) is 122 Å². The maximum Gasteiger partial charge on any atom is 0.407 e. The maximum absolute atomic E-state index is 15.4. The van der Waals surface area contributed by atoms with Crippen molar-refractivity contribution in [1.29, 1.82) is 0 Å².